The van der Waals surface area contributed by atoms with Gasteiger partial charge < -0.3 is 10.5 Å². The summed E-state index contributed by atoms with van der Waals surface area (Å²) in [6.07, 6.45) is 4.14. The Morgan fingerprint density at radius 1 is 1.58 bits per heavy atom. The summed E-state index contributed by atoms with van der Waals surface area (Å²) >= 11 is 0. The van der Waals surface area contributed by atoms with Crippen molar-refractivity contribution in [2.45, 2.75) is 32.6 Å². The van der Waals surface area contributed by atoms with Gasteiger partial charge in [0.2, 0.25) is 0 Å². The number of ether oxygens (including phenoxy) is 1. The average molecular weight is 170 g/mol. The fraction of sp³-hybridized carbons (Fsp3) is 0.889. The molecule has 0 atom stereocenters. The van der Waals surface area contributed by atoms with Crippen LogP contribution in [0.25, 0.3) is 0 Å². The van der Waals surface area contributed by atoms with Gasteiger partial charge in [-0.3, -0.25) is 5.41 Å². The van der Waals surface area contributed by atoms with Crippen molar-refractivity contribution in [2.75, 3.05) is 13.2 Å². The summed E-state index contributed by atoms with van der Waals surface area (Å²) in [6, 6.07) is 0. The molecule has 1 fully saturated rings. The number of rotatable bonds is 6. The second-order valence-electron chi connectivity index (χ2n) is 3.75. The van der Waals surface area contributed by atoms with Crippen molar-refractivity contribution in [2.24, 2.45) is 11.1 Å². The van der Waals surface area contributed by atoms with Crippen molar-refractivity contribution in [3.05, 3.63) is 0 Å². The molecular formula is C9H18N2O. The normalized spacial score (nSPS) is 19.1. The highest BCUT2D eigenvalue weighted by atomic mass is 16.5. The van der Waals surface area contributed by atoms with Crippen LogP contribution >= 0.6 is 0 Å². The van der Waals surface area contributed by atoms with E-state index < -0.39 is 0 Å². The van der Waals surface area contributed by atoms with Crippen LogP contribution < -0.4 is 5.73 Å². The number of amidine groups is 1. The first-order chi connectivity index (χ1) is 5.68. The van der Waals surface area contributed by atoms with E-state index in [1.165, 1.54) is 12.8 Å². The number of hydrogen-bond acceptors (Lipinski definition) is 2. The van der Waals surface area contributed by atoms with Gasteiger partial charge in [-0.2, -0.15) is 0 Å². The van der Waals surface area contributed by atoms with Gasteiger partial charge in [-0.15, -0.1) is 0 Å². The number of hydrogen-bond donors (Lipinski definition) is 2. The van der Waals surface area contributed by atoms with E-state index in [2.05, 4.69) is 6.92 Å². The fourth-order valence-electron chi connectivity index (χ4n) is 1.39. The van der Waals surface area contributed by atoms with Gasteiger partial charge in [-0.05, 0) is 19.3 Å². The average Bonchev–Trinajstić information content (AvgIpc) is 2.69. The molecule has 0 aromatic carbocycles. The third-order valence-corrected chi connectivity index (χ3v) is 2.28. The van der Waals surface area contributed by atoms with Crippen molar-refractivity contribution in [1.82, 2.24) is 0 Å². The standard InChI is InChI=1S/C9H18N2O/c1-2-5-12-7-9(3-4-9)6-8(10)11/h2-7H2,1H3,(H3,10,11). The quantitative estimate of drug-likeness (QED) is 0.361. The molecule has 3 heteroatoms. The highest BCUT2D eigenvalue weighted by Gasteiger charge is 2.43. The molecule has 0 aromatic heterocycles. The van der Waals surface area contributed by atoms with Crippen molar-refractivity contribution in [3.63, 3.8) is 0 Å². The van der Waals surface area contributed by atoms with E-state index in [1.807, 2.05) is 0 Å². The van der Waals surface area contributed by atoms with Gasteiger partial charge in [0.15, 0.2) is 0 Å². The monoisotopic (exact) mass is 170 g/mol. The maximum atomic E-state index is 7.19. The van der Waals surface area contributed by atoms with Crippen molar-refractivity contribution in [1.29, 1.82) is 5.41 Å². The molecule has 70 valence electrons. The molecular weight excluding hydrogens is 152 g/mol. The molecule has 1 saturated carbocycles. The second-order valence-corrected chi connectivity index (χ2v) is 3.75. The smallest absolute Gasteiger partial charge is 0.0911 e. The molecule has 0 saturated heterocycles. The van der Waals surface area contributed by atoms with E-state index in [9.17, 15) is 0 Å². The summed E-state index contributed by atoms with van der Waals surface area (Å²) in [4.78, 5) is 0. The first kappa shape index (κ1) is 9.52. The molecule has 3 nitrogen and oxygen atoms in total. The van der Waals surface area contributed by atoms with Crippen LogP contribution in [-0.4, -0.2) is 19.0 Å². The lowest BCUT2D eigenvalue weighted by Gasteiger charge is -2.13. The first-order valence-corrected chi connectivity index (χ1v) is 4.59. The van der Waals surface area contributed by atoms with Crippen LogP contribution in [0, 0.1) is 10.8 Å². The lowest BCUT2D eigenvalue weighted by molar-refractivity contribution is 0.0929. The minimum absolute atomic E-state index is 0.251. The van der Waals surface area contributed by atoms with Gasteiger partial charge in [0, 0.05) is 18.4 Å². The molecule has 1 aliphatic carbocycles. The first-order valence-electron chi connectivity index (χ1n) is 4.59. The highest BCUT2D eigenvalue weighted by molar-refractivity contribution is 5.78. The van der Waals surface area contributed by atoms with Gasteiger partial charge in [-0.25, -0.2) is 0 Å². The van der Waals surface area contributed by atoms with E-state index in [4.69, 9.17) is 15.9 Å². The zero-order valence-corrected chi connectivity index (χ0v) is 7.73. The van der Waals surface area contributed by atoms with Gasteiger partial charge in [0.05, 0.1) is 12.4 Å². The Hall–Kier alpha value is -0.570. The van der Waals surface area contributed by atoms with E-state index in [0.29, 0.717) is 5.84 Å². The van der Waals surface area contributed by atoms with E-state index in [1.54, 1.807) is 0 Å². The summed E-state index contributed by atoms with van der Waals surface area (Å²) < 4.78 is 5.46. The third-order valence-electron chi connectivity index (χ3n) is 2.28. The van der Waals surface area contributed by atoms with Crippen LogP contribution in [0.2, 0.25) is 0 Å². The van der Waals surface area contributed by atoms with Crippen molar-refractivity contribution in [3.8, 4) is 0 Å². The maximum Gasteiger partial charge on any atom is 0.0911 e. The minimum atomic E-state index is 0.251. The zero-order chi connectivity index (χ0) is 9.03. The lowest BCUT2D eigenvalue weighted by Crippen LogP contribution is -2.20. The molecule has 1 aliphatic rings. The molecule has 3 N–H and O–H groups in total. The molecule has 0 aromatic rings. The molecule has 0 bridgehead atoms. The Morgan fingerprint density at radius 3 is 2.67 bits per heavy atom. The van der Waals surface area contributed by atoms with Crippen LogP contribution in [-0.2, 0) is 4.74 Å². The Kier molecular flexibility index (Phi) is 3.09. The molecule has 0 amide bonds. The molecule has 0 unspecified atom stereocenters. The van der Waals surface area contributed by atoms with Gasteiger partial charge in [0.25, 0.3) is 0 Å². The molecule has 0 radical (unpaired) electrons. The van der Waals surface area contributed by atoms with Gasteiger partial charge in [0.1, 0.15) is 0 Å². The SMILES string of the molecule is CCCOCC1(CC(=N)N)CC1. The van der Waals surface area contributed by atoms with Crippen LogP contribution in [0.3, 0.4) is 0 Å². The summed E-state index contributed by atoms with van der Waals surface area (Å²) in [5, 5.41) is 7.19. The molecule has 0 spiro atoms. The topological polar surface area (TPSA) is 59.1 Å². The van der Waals surface area contributed by atoms with Crippen LogP contribution in [0.4, 0.5) is 0 Å². The maximum absolute atomic E-state index is 7.19. The van der Waals surface area contributed by atoms with Gasteiger partial charge >= 0.3 is 0 Å². The third kappa shape index (κ3) is 2.81. The largest absolute Gasteiger partial charge is 0.388 e. The van der Waals surface area contributed by atoms with E-state index in [0.717, 1.165) is 26.1 Å². The van der Waals surface area contributed by atoms with Crippen LogP contribution in [0.1, 0.15) is 32.6 Å². The Labute approximate surface area is 73.8 Å². The summed E-state index contributed by atoms with van der Waals surface area (Å²) in [7, 11) is 0. The van der Waals surface area contributed by atoms with Crippen molar-refractivity contribution < 1.29 is 4.74 Å². The predicted molar refractivity (Wildman–Crippen MR) is 49.3 cm³/mol. The summed E-state index contributed by atoms with van der Waals surface area (Å²) in [5.41, 5.74) is 5.60. The molecule has 0 aliphatic heterocycles. The Morgan fingerprint density at radius 2 is 2.25 bits per heavy atom. The zero-order valence-electron chi connectivity index (χ0n) is 7.73. The van der Waals surface area contributed by atoms with Crippen molar-refractivity contribution >= 4 is 5.84 Å². The molecule has 1 rings (SSSR count). The molecule has 12 heavy (non-hydrogen) atoms. The van der Waals surface area contributed by atoms with Gasteiger partial charge in [-0.1, -0.05) is 6.92 Å². The number of nitrogens with two attached hydrogens (primary N) is 1. The lowest BCUT2D eigenvalue weighted by atomic mass is 10.0. The number of nitrogens with one attached hydrogen (secondary N) is 1. The van der Waals surface area contributed by atoms with E-state index in [-0.39, 0.29) is 5.41 Å². The Balaban J connectivity index is 2.16. The summed E-state index contributed by atoms with van der Waals surface area (Å²) in [5.74, 6) is 0.299. The predicted octanol–water partition coefficient (Wildman–Crippen LogP) is 1.52. The highest BCUT2D eigenvalue weighted by Crippen LogP contribution is 2.48. The minimum Gasteiger partial charge on any atom is -0.388 e. The Bertz CT molecular complexity index is 164. The van der Waals surface area contributed by atoms with Crippen LogP contribution in [0.5, 0.6) is 0 Å². The van der Waals surface area contributed by atoms with Crippen LogP contribution in [0.15, 0.2) is 0 Å². The molecule has 0 heterocycles. The van der Waals surface area contributed by atoms with E-state index >= 15 is 0 Å². The summed E-state index contributed by atoms with van der Waals surface area (Å²) in [6.45, 7) is 3.73. The second kappa shape index (κ2) is 3.90. The fourth-order valence-corrected chi connectivity index (χ4v) is 1.39.